The molecule has 1 aromatic rings. The van der Waals surface area contributed by atoms with Gasteiger partial charge in [0.15, 0.2) is 0 Å². The summed E-state index contributed by atoms with van der Waals surface area (Å²) in [5.74, 6) is 0.0186. The SMILES string of the molecule is CCCc1ccc(CNC(=O)C2CCCO2)cc1. The Hall–Kier alpha value is -1.35. The summed E-state index contributed by atoms with van der Waals surface area (Å²) in [6, 6.07) is 8.44. The van der Waals surface area contributed by atoms with E-state index < -0.39 is 0 Å². The third-order valence-electron chi connectivity index (χ3n) is 3.25. The Kier molecular flexibility index (Phi) is 4.76. The number of ether oxygens (including phenoxy) is 1. The van der Waals surface area contributed by atoms with Gasteiger partial charge < -0.3 is 10.1 Å². The fraction of sp³-hybridized carbons (Fsp3) is 0.533. The van der Waals surface area contributed by atoms with Crippen LogP contribution in [0.4, 0.5) is 0 Å². The number of hydrogen-bond donors (Lipinski definition) is 1. The molecule has 1 atom stereocenters. The van der Waals surface area contributed by atoms with E-state index in [1.165, 1.54) is 5.56 Å². The van der Waals surface area contributed by atoms with E-state index in [1.54, 1.807) is 0 Å². The monoisotopic (exact) mass is 247 g/mol. The second-order valence-corrected chi connectivity index (χ2v) is 4.79. The summed E-state index contributed by atoms with van der Waals surface area (Å²) in [4.78, 5) is 11.8. The average molecular weight is 247 g/mol. The highest BCUT2D eigenvalue weighted by Gasteiger charge is 2.22. The summed E-state index contributed by atoms with van der Waals surface area (Å²) >= 11 is 0. The molecule has 1 saturated heterocycles. The molecule has 18 heavy (non-hydrogen) atoms. The Morgan fingerprint density at radius 3 is 2.67 bits per heavy atom. The van der Waals surface area contributed by atoms with Crippen LogP contribution in [-0.4, -0.2) is 18.6 Å². The van der Waals surface area contributed by atoms with Crippen molar-refractivity contribution in [1.29, 1.82) is 0 Å². The lowest BCUT2D eigenvalue weighted by molar-refractivity contribution is -0.130. The van der Waals surface area contributed by atoms with Crippen LogP contribution in [0.2, 0.25) is 0 Å². The molecule has 2 rings (SSSR count). The predicted octanol–water partition coefficient (Wildman–Crippen LogP) is 2.43. The van der Waals surface area contributed by atoms with Crippen molar-refractivity contribution in [2.45, 2.75) is 45.3 Å². The molecule has 1 aromatic carbocycles. The van der Waals surface area contributed by atoms with Crippen LogP contribution in [-0.2, 0) is 22.5 Å². The number of carbonyl (C=O) groups is 1. The molecule has 3 heteroatoms. The molecule has 1 N–H and O–H groups in total. The predicted molar refractivity (Wildman–Crippen MR) is 71.3 cm³/mol. The molecular formula is C15H21NO2. The Labute approximate surface area is 109 Å². The second-order valence-electron chi connectivity index (χ2n) is 4.79. The van der Waals surface area contributed by atoms with Crippen LogP contribution in [0, 0.1) is 0 Å². The molecule has 1 unspecified atom stereocenters. The van der Waals surface area contributed by atoms with Crippen LogP contribution < -0.4 is 5.32 Å². The molecule has 0 radical (unpaired) electrons. The van der Waals surface area contributed by atoms with E-state index in [2.05, 4.69) is 36.5 Å². The molecule has 0 spiro atoms. The van der Waals surface area contributed by atoms with Gasteiger partial charge in [-0.2, -0.15) is 0 Å². The van der Waals surface area contributed by atoms with Crippen LogP contribution in [0.1, 0.15) is 37.3 Å². The van der Waals surface area contributed by atoms with Gasteiger partial charge >= 0.3 is 0 Å². The lowest BCUT2D eigenvalue weighted by Crippen LogP contribution is -2.33. The normalized spacial score (nSPS) is 18.8. The molecule has 1 amide bonds. The van der Waals surface area contributed by atoms with Gasteiger partial charge in [0, 0.05) is 13.2 Å². The molecule has 1 fully saturated rings. The van der Waals surface area contributed by atoms with Gasteiger partial charge in [0.2, 0.25) is 5.91 Å². The highest BCUT2D eigenvalue weighted by atomic mass is 16.5. The molecular weight excluding hydrogens is 226 g/mol. The first-order valence-electron chi connectivity index (χ1n) is 6.76. The number of rotatable bonds is 5. The highest BCUT2D eigenvalue weighted by molar-refractivity contribution is 5.80. The van der Waals surface area contributed by atoms with E-state index >= 15 is 0 Å². The van der Waals surface area contributed by atoms with Crippen LogP contribution in [0.25, 0.3) is 0 Å². The van der Waals surface area contributed by atoms with Gasteiger partial charge in [0.1, 0.15) is 6.10 Å². The van der Waals surface area contributed by atoms with Crippen LogP contribution in [0.3, 0.4) is 0 Å². The Morgan fingerprint density at radius 2 is 2.06 bits per heavy atom. The summed E-state index contributed by atoms with van der Waals surface area (Å²) in [6.07, 6.45) is 3.88. The topological polar surface area (TPSA) is 38.3 Å². The third-order valence-corrected chi connectivity index (χ3v) is 3.25. The average Bonchev–Trinajstić information content (AvgIpc) is 2.92. The molecule has 3 nitrogen and oxygen atoms in total. The van der Waals surface area contributed by atoms with Crippen molar-refractivity contribution in [3.63, 3.8) is 0 Å². The summed E-state index contributed by atoms with van der Waals surface area (Å²) in [6.45, 7) is 3.48. The first kappa shape index (κ1) is 13.1. The Balaban J connectivity index is 1.80. The highest BCUT2D eigenvalue weighted by Crippen LogP contribution is 2.12. The van der Waals surface area contributed by atoms with Crippen molar-refractivity contribution >= 4 is 5.91 Å². The lowest BCUT2D eigenvalue weighted by Gasteiger charge is -2.10. The Morgan fingerprint density at radius 1 is 1.33 bits per heavy atom. The third kappa shape index (κ3) is 3.57. The fourth-order valence-electron chi connectivity index (χ4n) is 2.20. The van der Waals surface area contributed by atoms with Crippen LogP contribution in [0.15, 0.2) is 24.3 Å². The van der Waals surface area contributed by atoms with Crippen molar-refractivity contribution in [3.8, 4) is 0 Å². The summed E-state index contributed by atoms with van der Waals surface area (Å²) in [5.41, 5.74) is 2.49. The maximum atomic E-state index is 11.8. The molecule has 0 aromatic heterocycles. The number of aryl methyl sites for hydroxylation is 1. The molecule has 1 heterocycles. The zero-order chi connectivity index (χ0) is 12.8. The second kappa shape index (κ2) is 6.55. The largest absolute Gasteiger partial charge is 0.368 e. The minimum absolute atomic E-state index is 0.0186. The van der Waals surface area contributed by atoms with Crippen molar-refractivity contribution in [3.05, 3.63) is 35.4 Å². The number of nitrogens with one attached hydrogen (secondary N) is 1. The van der Waals surface area contributed by atoms with Gasteiger partial charge in [-0.1, -0.05) is 37.6 Å². The molecule has 0 aliphatic carbocycles. The van der Waals surface area contributed by atoms with Crippen LogP contribution in [0.5, 0.6) is 0 Å². The van der Waals surface area contributed by atoms with Gasteiger partial charge in [0.05, 0.1) is 0 Å². The first-order valence-corrected chi connectivity index (χ1v) is 6.76. The molecule has 1 aliphatic rings. The van der Waals surface area contributed by atoms with Crippen molar-refractivity contribution in [1.82, 2.24) is 5.32 Å². The van der Waals surface area contributed by atoms with E-state index in [9.17, 15) is 4.79 Å². The van der Waals surface area contributed by atoms with Gasteiger partial charge in [-0.15, -0.1) is 0 Å². The van der Waals surface area contributed by atoms with E-state index in [0.29, 0.717) is 13.2 Å². The molecule has 0 saturated carbocycles. The minimum atomic E-state index is -0.232. The fourth-order valence-corrected chi connectivity index (χ4v) is 2.20. The van der Waals surface area contributed by atoms with Gasteiger partial charge in [0.25, 0.3) is 0 Å². The van der Waals surface area contributed by atoms with E-state index in [4.69, 9.17) is 4.74 Å². The van der Waals surface area contributed by atoms with Crippen molar-refractivity contribution < 1.29 is 9.53 Å². The smallest absolute Gasteiger partial charge is 0.249 e. The van der Waals surface area contributed by atoms with Gasteiger partial charge in [-0.3, -0.25) is 4.79 Å². The number of hydrogen-bond acceptors (Lipinski definition) is 2. The van der Waals surface area contributed by atoms with Crippen molar-refractivity contribution in [2.24, 2.45) is 0 Å². The summed E-state index contributed by atoms with van der Waals surface area (Å²) in [7, 11) is 0. The molecule has 1 aliphatic heterocycles. The quantitative estimate of drug-likeness (QED) is 0.868. The molecule has 0 bridgehead atoms. The first-order chi connectivity index (χ1) is 8.79. The van der Waals surface area contributed by atoms with E-state index in [1.807, 2.05) is 0 Å². The maximum absolute atomic E-state index is 11.8. The van der Waals surface area contributed by atoms with Gasteiger partial charge in [-0.05, 0) is 30.4 Å². The zero-order valence-electron chi connectivity index (χ0n) is 10.9. The van der Waals surface area contributed by atoms with E-state index in [-0.39, 0.29) is 12.0 Å². The number of benzene rings is 1. The van der Waals surface area contributed by atoms with Crippen LogP contribution >= 0.6 is 0 Å². The standard InChI is InChI=1S/C15H21NO2/c1-2-4-12-6-8-13(9-7-12)11-16-15(17)14-5-3-10-18-14/h6-9,14H,2-5,10-11H2,1H3,(H,16,17). The lowest BCUT2D eigenvalue weighted by atomic mass is 10.1. The zero-order valence-corrected chi connectivity index (χ0v) is 10.9. The van der Waals surface area contributed by atoms with Crippen molar-refractivity contribution in [2.75, 3.05) is 6.61 Å². The molecule has 98 valence electrons. The summed E-state index contributed by atoms with van der Waals surface area (Å²) < 4.78 is 5.34. The van der Waals surface area contributed by atoms with Gasteiger partial charge in [-0.25, -0.2) is 0 Å². The van der Waals surface area contributed by atoms with E-state index in [0.717, 1.165) is 31.2 Å². The maximum Gasteiger partial charge on any atom is 0.249 e. The number of carbonyl (C=O) groups excluding carboxylic acids is 1. The number of amides is 1. The Bertz CT molecular complexity index is 380. The summed E-state index contributed by atoms with van der Waals surface area (Å²) in [5, 5.41) is 2.93. The minimum Gasteiger partial charge on any atom is -0.368 e.